The second-order valence-electron chi connectivity index (χ2n) is 7.71. The predicted octanol–water partition coefficient (Wildman–Crippen LogP) is 1.89. The second kappa shape index (κ2) is 11.4. The Balaban J connectivity index is 0.00000729. The van der Waals surface area contributed by atoms with Gasteiger partial charge in [0.2, 0.25) is 0 Å². The van der Waals surface area contributed by atoms with Crippen LogP contribution in [0.1, 0.15) is 50.9 Å². The fourth-order valence-electron chi connectivity index (χ4n) is 2.53. The lowest BCUT2D eigenvalue weighted by Crippen LogP contribution is -2.40. The fourth-order valence-corrected chi connectivity index (χ4v) is 2.53. The van der Waals surface area contributed by atoms with Gasteiger partial charge in [-0.25, -0.2) is 4.79 Å². The van der Waals surface area contributed by atoms with Crippen LogP contribution in [0.15, 0.2) is 24.3 Å². The smallest absolute Gasteiger partial charge is 0.327 e. The number of para-hydroxylation sites is 1. The first-order chi connectivity index (χ1) is 12.5. The third-order valence-electron chi connectivity index (χ3n) is 4.08. The van der Waals surface area contributed by atoms with Crippen molar-refractivity contribution in [2.24, 2.45) is 5.41 Å². The normalized spacial score (nSPS) is 13.0. The minimum atomic E-state index is -1.05. The number of Topliss-reactive ketones (excluding diaryl/α,β-unsaturated/α-hetero) is 1. The van der Waals surface area contributed by atoms with Crippen molar-refractivity contribution >= 4 is 23.4 Å². The number of carbonyl (C=O) groups excluding carboxylic acids is 2. The van der Waals surface area contributed by atoms with Crippen LogP contribution in [0.5, 0.6) is 0 Å². The summed E-state index contributed by atoms with van der Waals surface area (Å²) in [7, 11) is 1.29. The molecule has 28 heavy (non-hydrogen) atoms. The van der Waals surface area contributed by atoms with Crippen molar-refractivity contribution < 1.29 is 29.7 Å². The first kappa shape index (κ1) is 25.6. The number of nitrogens with one attached hydrogen (secondary N) is 2. The highest BCUT2D eigenvalue weighted by Crippen LogP contribution is 2.21. The van der Waals surface area contributed by atoms with Gasteiger partial charge in [-0.15, -0.1) is 0 Å². The van der Waals surface area contributed by atoms with Gasteiger partial charge in [0.05, 0.1) is 19.6 Å². The molecule has 0 heterocycles. The summed E-state index contributed by atoms with van der Waals surface area (Å²) in [6.07, 6.45) is 0.486. The average Bonchev–Trinajstić information content (AvgIpc) is 2.58. The third-order valence-corrected chi connectivity index (χ3v) is 4.08. The van der Waals surface area contributed by atoms with E-state index in [9.17, 15) is 19.5 Å². The van der Waals surface area contributed by atoms with E-state index in [2.05, 4.69) is 31.4 Å². The molecule has 0 saturated heterocycles. The van der Waals surface area contributed by atoms with E-state index in [1.54, 1.807) is 31.2 Å². The number of hydrogen-bond donors (Lipinski definition) is 3. The molecule has 0 aromatic heterocycles. The monoisotopic (exact) mass is 396 g/mol. The zero-order chi connectivity index (χ0) is 20.6. The van der Waals surface area contributed by atoms with Gasteiger partial charge in [0.15, 0.2) is 5.78 Å². The van der Waals surface area contributed by atoms with E-state index >= 15 is 0 Å². The van der Waals surface area contributed by atoms with Gasteiger partial charge in [-0.05, 0) is 37.4 Å². The number of methoxy groups -OCH3 is 1. The molecule has 0 fully saturated rings. The highest BCUT2D eigenvalue weighted by Gasteiger charge is 2.26. The molecule has 1 unspecified atom stereocenters. The lowest BCUT2D eigenvalue weighted by molar-refractivity contribution is -0.141. The van der Waals surface area contributed by atoms with Crippen LogP contribution in [0.4, 0.5) is 5.69 Å². The number of carbonyl (C=O) groups is 3. The summed E-state index contributed by atoms with van der Waals surface area (Å²) >= 11 is 0. The maximum atomic E-state index is 13.0. The Morgan fingerprint density at radius 3 is 2.32 bits per heavy atom. The highest BCUT2D eigenvalue weighted by molar-refractivity contribution is 6.06. The largest absolute Gasteiger partial charge is 0.481 e. The molecule has 158 valence electrons. The topological polar surface area (TPSA) is 136 Å². The summed E-state index contributed by atoms with van der Waals surface area (Å²) < 4.78 is 4.69. The van der Waals surface area contributed by atoms with E-state index in [0.717, 1.165) is 6.42 Å². The molecule has 0 aliphatic rings. The summed E-state index contributed by atoms with van der Waals surface area (Å²) in [5.41, 5.74) is 0.871. The van der Waals surface area contributed by atoms with Crippen LogP contribution in [0, 0.1) is 5.41 Å². The van der Waals surface area contributed by atoms with E-state index in [1.807, 2.05) is 0 Å². The van der Waals surface area contributed by atoms with Gasteiger partial charge in [-0.3, -0.25) is 9.59 Å². The van der Waals surface area contributed by atoms with Gasteiger partial charge in [-0.1, -0.05) is 32.9 Å². The van der Waals surface area contributed by atoms with E-state index < -0.39 is 24.0 Å². The van der Waals surface area contributed by atoms with Crippen LogP contribution in [0.3, 0.4) is 0 Å². The van der Waals surface area contributed by atoms with Crippen LogP contribution in [0.25, 0.3) is 0 Å². The van der Waals surface area contributed by atoms with E-state index in [0.29, 0.717) is 17.8 Å². The summed E-state index contributed by atoms with van der Waals surface area (Å²) in [4.78, 5) is 35.9. The van der Waals surface area contributed by atoms with Crippen LogP contribution < -0.4 is 10.6 Å². The molecule has 5 N–H and O–H groups in total. The maximum Gasteiger partial charge on any atom is 0.327 e. The Kier molecular flexibility index (Phi) is 10.4. The molecule has 0 saturated carbocycles. The standard InChI is InChI=1S/C20H30N2O5.H2O/c1-13(19(26)27-5)22-15-9-7-6-8-14(15)18(25)16(12-17(23)24)21-11-10-20(2,3)4;/h6-9,13,16,21-22H,10-12H2,1-5H3,(H,23,24);1H2/t13?,16-;/m0./s1. The van der Waals surface area contributed by atoms with Crippen molar-refractivity contribution in [3.63, 3.8) is 0 Å². The lowest BCUT2D eigenvalue weighted by Gasteiger charge is -2.22. The number of rotatable bonds is 10. The summed E-state index contributed by atoms with van der Waals surface area (Å²) in [5, 5.41) is 15.2. The zero-order valence-electron chi connectivity index (χ0n) is 17.2. The first-order valence-electron chi connectivity index (χ1n) is 8.98. The maximum absolute atomic E-state index is 13.0. The molecular weight excluding hydrogens is 364 g/mol. The number of anilines is 1. The fraction of sp³-hybridized carbons (Fsp3) is 0.550. The number of hydrogen-bond acceptors (Lipinski definition) is 6. The van der Waals surface area contributed by atoms with Crippen molar-refractivity contribution in [2.45, 2.75) is 52.6 Å². The summed E-state index contributed by atoms with van der Waals surface area (Å²) in [6, 6.07) is 5.25. The Bertz CT molecular complexity index is 669. The second-order valence-corrected chi connectivity index (χ2v) is 7.71. The minimum Gasteiger partial charge on any atom is -0.481 e. The molecule has 1 aromatic rings. The van der Waals surface area contributed by atoms with Crippen LogP contribution in [-0.2, 0) is 14.3 Å². The van der Waals surface area contributed by atoms with E-state index in [4.69, 9.17) is 4.74 Å². The molecule has 1 rings (SSSR count). The first-order valence-corrected chi connectivity index (χ1v) is 8.98. The number of carboxylic acid groups (broad SMARTS) is 1. The molecule has 0 bridgehead atoms. The number of benzene rings is 1. The van der Waals surface area contributed by atoms with Gasteiger partial charge < -0.3 is 26.0 Å². The van der Waals surface area contributed by atoms with Gasteiger partial charge in [0.1, 0.15) is 6.04 Å². The number of esters is 1. The minimum absolute atomic E-state index is 0. The summed E-state index contributed by atoms with van der Waals surface area (Å²) in [6.45, 7) is 8.40. The van der Waals surface area contributed by atoms with Gasteiger partial charge in [0, 0.05) is 11.3 Å². The molecule has 0 aliphatic heterocycles. The third kappa shape index (κ3) is 8.49. The van der Waals surface area contributed by atoms with E-state index in [-0.39, 0.29) is 23.1 Å². The predicted molar refractivity (Wildman–Crippen MR) is 108 cm³/mol. The molecule has 8 nitrogen and oxygen atoms in total. The number of carboxylic acids is 1. The van der Waals surface area contributed by atoms with Crippen molar-refractivity contribution in [1.29, 1.82) is 0 Å². The molecule has 8 heteroatoms. The Labute approximate surface area is 166 Å². The summed E-state index contributed by atoms with van der Waals surface area (Å²) in [5.74, 6) is -1.83. The SMILES string of the molecule is COC(=O)C(C)Nc1ccccc1C(=O)[C@H](CC(=O)O)NCCC(C)(C)C.O. The number of aliphatic carboxylic acids is 1. The van der Waals surface area contributed by atoms with Gasteiger partial charge >= 0.3 is 11.9 Å². The molecule has 0 radical (unpaired) electrons. The number of ketones is 1. The van der Waals surface area contributed by atoms with Crippen molar-refractivity contribution in [3.05, 3.63) is 29.8 Å². The zero-order valence-corrected chi connectivity index (χ0v) is 17.2. The molecule has 0 aliphatic carbocycles. The van der Waals surface area contributed by atoms with Crippen molar-refractivity contribution in [3.8, 4) is 0 Å². The Hall–Kier alpha value is -2.45. The molecule has 2 atom stereocenters. The lowest BCUT2D eigenvalue weighted by atomic mass is 9.92. The Morgan fingerprint density at radius 2 is 1.79 bits per heavy atom. The van der Waals surface area contributed by atoms with Crippen LogP contribution in [0.2, 0.25) is 0 Å². The van der Waals surface area contributed by atoms with Crippen LogP contribution >= 0.6 is 0 Å². The quantitative estimate of drug-likeness (QED) is 0.406. The highest BCUT2D eigenvalue weighted by atomic mass is 16.5. The van der Waals surface area contributed by atoms with Crippen molar-refractivity contribution in [2.75, 3.05) is 19.0 Å². The molecule has 0 spiro atoms. The molecule has 0 amide bonds. The van der Waals surface area contributed by atoms with E-state index in [1.165, 1.54) is 7.11 Å². The van der Waals surface area contributed by atoms with Crippen LogP contribution in [-0.4, -0.2) is 54.0 Å². The number of ether oxygens (including phenoxy) is 1. The molecule has 1 aromatic carbocycles. The van der Waals surface area contributed by atoms with Crippen molar-refractivity contribution in [1.82, 2.24) is 5.32 Å². The average molecular weight is 396 g/mol. The molecular formula is C20H32N2O6. The van der Waals surface area contributed by atoms with Gasteiger partial charge in [0.25, 0.3) is 0 Å². The van der Waals surface area contributed by atoms with Gasteiger partial charge in [-0.2, -0.15) is 0 Å². The Morgan fingerprint density at radius 1 is 1.18 bits per heavy atom.